The summed E-state index contributed by atoms with van der Waals surface area (Å²) in [6.07, 6.45) is 64.5. The monoisotopic (exact) mass is 879 g/mol. The van der Waals surface area contributed by atoms with Gasteiger partial charge in [0.15, 0.2) is 6.10 Å². The average molecular weight is 879 g/mol. The summed E-state index contributed by atoms with van der Waals surface area (Å²) in [6, 6.07) is 0. The van der Waals surface area contributed by atoms with Gasteiger partial charge in [-0.05, 0) is 109 Å². The molecule has 0 saturated heterocycles. The van der Waals surface area contributed by atoms with Crippen LogP contribution < -0.4 is 0 Å². The molecule has 0 aromatic rings. The third kappa shape index (κ3) is 49.7. The van der Waals surface area contributed by atoms with Gasteiger partial charge >= 0.3 is 17.9 Å². The van der Waals surface area contributed by atoms with Crippen LogP contribution in [-0.4, -0.2) is 37.2 Å². The highest BCUT2D eigenvalue weighted by Crippen LogP contribution is 2.14. The second-order valence-electron chi connectivity index (χ2n) is 17.4. The molecule has 0 spiro atoms. The van der Waals surface area contributed by atoms with E-state index in [1.807, 2.05) is 0 Å². The first-order valence-corrected chi connectivity index (χ1v) is 26.4. The molecule has 0 aliphatic heterocycles. The SMILES string of the molecule is CC/C=C\C/C=C\C/C=C\C/C=C\CCCCCCC(=O)O[C@@H](COC(=O)CCCCCCC/C=C\CCCCCC)COC(=O)CCCCCCC/C=C\CCCCCCCC. The number of rotatable bonds is 47. The summed E-state index contributed by atoms with van der Waals surface area (Å²) in [5, 5.41) is 0. The molecule has 0 amide bonds. The van der Waals surface area contributed by atoms with Crippen molar-refractivity contribution in [1.29, 1.82) is 0 Å². The van der Waals surface area contributed by atoms with Crippen molar-refractivity contribution in [1.82, 2.24) is 0 Å². The van der Waals surface area contributed by atoms with E-state index in [4.69, 9.17) is 14.2 Å². The van der Waals surface area contributed by atoms with E-state index >= 15 is 0 Å². The van der Waals surface area contributed by atoms with E-state index < -0.39 is 6.10 Å². The van der Waals surface area contributed by atoms with Gasteiger partial charge in [0, 0.05) is 19.3 Å². The van der Waals surface area contributed by atoms with Crippen molar-refractivity contribution in [3.63, 3.8) is 0 Å². The smallest absolute Gasteiger partial charge is 0.306 e. The number of esters is 3. The Morgan fingerprint density at radius 2 is 0.619 bits per heavy atom. The van der Waals surface area contributed by atoms with Crippen molar-refractivity contribution in [2.45, 2.75) is 258 Å². The Hall–Kier alpha value is -3.15. The lowest BCUT2D eigenvalue weighted by Crippen LogP contribution is -2.30. The maximum atomic E-state index is 12.8. The highest BCUT2D eigenvalue weighted by atomic mass is 16.6. The van der Waals surface area contributed by atoms with Crippen molar-refractivity contribution < 1.29 is 28.6 Å². The van der Waals surface area contributed by atoms with Gasteiger partial charge in [-0.2, -0.15) is 0 Å². The molecule has 0 aromatic heterocycles. The highest BCUT2D eigenvalue weighted by Gasteiger charge is 2.19. The predicted octanol–water partition coefficient (Wildman–Crippen LogP) is 17.4. The molecular formula is C57H98O6. The number of carbonyl (C=O) groups is 3. The van der Waals surface area contributed by atoms with Gasteiger partial charge < -0.3 is 14.2 Å². The summed E-state index contributed by atoms with van der Waals surface area (Å²) in [6.45, 7) is 6.47. The molecule has 0 rings (SSSR count). The molecule has 0 saturated carbocycles. The zero-order valence-electron chi connectivity index (χ0n) is 41.3. The third-order valence-electron chi connectivity index (χ3n) is 11.2. The van der Waals surface area contributed by atoms with Crippen LogP contribution in [0, 0.1) is 0 Å². The normalized spacial score (nSPS) is 12.6. The minimum atomic E-state index is -0.794. The zero-order valence-corrected chi connectivity index (χ0v) is 41.3. The van der Waals surface area contributed by atoms with Crippen molar-refractivity contribution in [2.75, 3.05) is 13.2 Å². The number of ether oxygens (including phenoxy) is 3. The molecule has 6 nitrogen and oxygen atoms in total. The van der Waals surface area contributed by atoms with Gasteiger partial charge in [0.25, 0.3) is 0 Å². The van der Waals surface area contributed by atoms with Crippen LogP contribution in [0.1, 0.15) is 252 Å². The second-order valence-corrected chi connectivity index (χ2v) is 17.4. The molecule has 1 atom stereocenters. The first kappa shape index (κ1) is 59.9. The molecule has 63 heavy (non-hydrogen) atoms. The van der Waals surface area contributed by atoms with E-state index in [1.165, 1.54) is 103 Å². The molecule has 362 valence electrons. The molecule has 0 aliphatic rings. The number of carbonyl (C=O) groups excluding carboxylic acids is 3. The fraction of sp³-hybridized carbons (Fsp3) is 0.737. The number of unbranched alkanes of at least 4 members (excludes halogenated alkanes) is 24. The summed E-state index contributed by atoms with van der Waals surface area (Å²) in [7, 11) is 0. The fourth-order valence-corrected chi connectivity index (χ4v) is 7.19. The van der Waals surface area contributed by atoms with Crippen LogP contribution in [0.2, 0.25) is 0 Å². The average Bonchev–Trinajstić information content (AvgIpc) is 3.28. The van der Waals surface area contributed by atoms with Crippen molar-refractivity contribution in [3.8, 4) is 0 Å². The van der Waals surface area contributed by atoms with Crippen LogP contribution in [0.25, 0.3) is 0 Å². The topological polar surface area (TPSA) is 78.9 Å². The lowest BCUT2D eigenvalue weighted by atomic mass is 10.1. The summed E-state index contributed by atoms with van der Waals surface area (Å²) in [5.74, 6) is -0.930. The van der Waals surface area contributed by atoms with Crippen LogP contribution in [0.5, 0.6) is 0 Å². The van der Waals surface area contributed by atoms with Gasteiger partial charge in [-0.25, -0.2) is 0 Å². The van der Waals surface area contributed by atoms with Crippen LogP contribution in [0.4, 0.5) is 0 Å². The van der Waals surface area contributed by atoms with Crippen molar-refractivity contribution >= 4 is 17.9 Å². The Morgan fingerprint density at radius 3 is 1.00 bits per heavy atom. The molecule has 6 heteroatoms. The minimum absolute atomic E-state index is 0.0923. The Kier molecular flexibility index (Phi) is 48.9. The van der Waals surface area contributed by atoms with Crippen molar-refractivity contribution in [2.24, 2.45) is 0 Å². The molecule has 0 unspecified atom stereocenters. The van der Waals surface area contributed by atoms with E-state index in [9.17, 15) is 14.4 Å². The van der Waals surface area contributed by atoms with Crippen molar-refractivity contribution in [3.05, 3.63) is 72.9 Å². The van der Waals surface area contributed by atoms with Gasteiger partial charge in [-0.1, -0.05) is 196 Å². The molecule has 0 N–H and O–H groups in total. The Morgan fingerprint density at radius 1 is 0.333 bits per heavy atom. The van der Waals surface area contributed by atoms with E-state index in [0.717, 1.165) is 109 Å². The summed E-state index contributed by atoms with van der Waals surface area (Å²) < 4.78 is 16.8. The number of allylic oxidation sites excluding steroid dienone is 12. The Balaban J connectivity index is 4.45. The Bertz CT molecular complexity index is 1190. The first-order valence-electron chi connectivity index (χ1n) is 26.4. The van der Waals surface area contributed by atoms with E-state index in [0.29, 0.717) is 19.3 Å². The summed E-state index contributed by atoms with van der Waals surface area (Å²) >= 11 is 0. The molecule has 0 fully saturated rings. The molecular weight excluding hydrogens is 781 g/mol. The molecule has 0 bridgehead atoms. The fourth-order valence-electron chi connectivity index (χ4n) is 7.19. The summed E-state index contributed by atoms with van der Waals surface area (Å²) in [5.41, 5.74) is 0. The van der Waals surface area contributed by atoms with Crippen LogP contribution in [0.15, 0.2) is 72.9 Å². The van der Waals surface area contributed by atoms with Gasteiger partial charge in [0.05, 0.1) is 0 Å². The number of hydrogen-bond donors (Lipinski definition) is 0. The van der Waals surface area contributed by atoms with Gasteiger partial charge in [-0.3, -0.25) is 14.4 Å². The van der Waals surface area contributed by atoms with E-state index in [1.54, 1.807) is 0 Å². The predicted molar refractivity (Wildman–Crippen MR) is 270 cm³/mol. The zero-order chi connectivity index (χ0) is 45.8. The first-order chi connectivity index (χ1) is 31.0. The third-order valence-corrected chi connectivity index (χ3v) is 11.2. The molecule has 0 heterocycles. The van der Waals surface area contributed by atoms with Gasteiger partial charge in [0.2, 0.25) is 0 Å². The highest BCUT2D eigenvalue weighted by molar-refractivity contribution is 5.71. The summed E-state index contributed by atoms with van der Waals surface area (Å²) in [4.78, 5) is 38.0. The second kappa shape index (κ2) is 51.5. The quantitative estimate of drug-likeness (QED) is 0.0262. The standard InChI is InChI=1S/C57H98O6/c1-4-7-10-13-16-19-22-25-27-28-30-33-36-39-42-45-48-51-57(60)63-54(52-61-55(58)49-46-43-40-37-34-31-24-21-18-15-12-9-6-3)53-62-56(59)50-47-44-41-38-35-32-29-26-23-20-17-14-11-8-5-2/h7,10,16,19,21,24-27,29-30,33,54H,4-6,8-9,11-15,17-18,20,22-23,28,31-32,34-53H2,1-3H3/b10-7-,19-16-,24-21-,27-25-,29-26-,33-30-/t54-/m0/s1. The maximum Gasteiger partial charge on any atom is 0.306 e. The van der Waals surface area contributed by atoms with Crippen LogP contribution in [0.3, 0.4) is 0 Å². The Labute approximate surface area is 389 Å². The van der Waals surface area contributed by atoms with Gasteiger partial charge in [0.1, 0.15) is 13.2 Å². The molecule has 0 aromatic carbocycles. The largest absolute Gasteiger partial charge is 0.462 e. The molecule has 0 radical (unpaired) electrons. The molecule has 0 aliphatic carbocycles. The lowest BCUT2D eigenvalue weighted by Gasteiger charge is -2.18. The maximum absolute atomic E-state index is 12.8. The minimum Gasteiger partial charge on any atom is -0.462 e. The van der Waals surface area contributed by atoms with E-state index in [2.05, 4.69) is 93.7 Å². The lowest BCUT2D eigenvalue weighted by molar-refractivity contribution is -0.167. The van der Waals surface area contributed by atoms with Gasteiger partial charge in [-0.15, -0.1) is 0 Å². The van der Waals surface area contributed by atoms with Crippen LogP contribution in [-0.2, 0) is 28.6 Å². The van der Waals surface area contributed by atoms with E-state index in [-0.39, 0.29) is 31.1 Å². The van der Waals surface area contributed by atoms with Crippen LogP contribution >= 0.6 is 0 Å². The number of hydrogen-bond acceptors (Lipinski definition) is 6.